The normalized spacial score (nSPS) is 15.8. The SMILES string of the molecule is CN(Cc1ccc(C(=O)O)cc1)C[C@@H]1CCN(CC(=O)Nc2ccc(Oc3ccccc3)cc2)C1. The highest BCUT2D eigenvalue weighted by atomic mass is 16.5. The molecule has 0 aliphatic carbocycles. The molecule has 1 amide bonds. The Morgan fingerprint density at radius 3 is 2.37 bits per heavy atom. The average molecular weight is 474 g/mol. The molecule has 4 rings (SSSR count). The summed E-state index contributed by atoms with van der Waals surface area (Å²) in [4.78, 5) is 28.0. The predicted molar refractivity (Wildman–Crippen MR) is 136 cm³/mol. The molecule has 0 bridgehead atoms. The van der Waals surface area contributed by atoms with Gasteiger partial charge in [0.1, 0.15) is 11.5 Å². The first-order valence-electron chi connectivity index (χ1n) is 11.8. The highest BCUT2D eigenvalue weighted by molar-refractivity contribution is 5.92. The van der Waals surface area contributed by atoms with Crippen molar-refractivity contribution >= 4 is 17.6 Å². The van der Waals surface area contributed by atoms with Gasteiger partial charge in [0.15, 0.2) is 0 Å². The van der Waals surface area contributed by atoms with Gasteiger partial charge in [-0.2, -0.15) is 0 Å². The Morgan fingerprint density at radius 1 is 1.00 bits per heavy atom. The molecule has 0 unspecified atom stereocenters. The minimum absolute atomic E-state index is 0.0192. The van der Waals surface area contributed by atoms with Gasteiger partial charge in [-0.25, -0.2) is 4.79 Å². The van der Waals surface area contributed by atoms with E-state index in [0.29, 0.717) is 18.0 Å². The topological polar surface area (TPSA) is 82.1 Å². The average Bonchev–Trinajstić information content (AvgIpc) is 3.27. The summed E-state index contributed by atoms with van der Waals surface area (Å²) in [5.41, 5.74) is 2.14. The van der Waals surface area contributed by atoms with Gasteiger partial charge in [-0.05, 0) is 80.0 Å². The fourth-order valence-corrected chi connectivity index (χ4v) is 4.41. The van der Waals surface area contributed by atoms with Crippen LogP contribution in [0.25, 0.3) is 0 Å². The lowest BCUT2D eigenvalue weighted by Crippen LogP contribution is -2.33. The molecule has 3 aromatic rings. The Hall–Kier alpha value is -3.68. The van der Waals surface area contributed by atoms with Gasteiger partial charge in [0, 0.05) is 25.3 Å². The molecule has 0 saturated carbocycles. The van der Waals surface area contributed by atoms with Crippen LogP contribution in [0, 0.1) is 5.92 Å². The summed E-state index contributed by atoms with van der Waals surface area (Å²) < 4.78 is 5.79. The second-order valence-corrected chi connectivity index (χ2v) is 9.08. The number of ether oxygens (including phenoxy) is 1. The van der Waals surface area contributed by atoms with Crippen molar-refractivity contribution in [3.8, 4) is 11.5 Å². The summed E-state index contributed by atoms with van der Waals surface area (Å²) in [5.74, 6) is 1.07. The van der Waals surface area contributed by atoms with Crippen LogP contribution in [0.5, 0.6) is 11.5 Å². The molecule has 35 heavy (non-hydrogen) atoms. The Kier molecular flexibility index (Phi) is 8.13. The monoisotopic (exact) mass is 473 g/mol. The van der Waals surface area contributed by atoms with Crippen molar-refractivity contribution in [1.82, 2.24) is 9.80 Å². The third-order valence-corrected chi connectivity index (χ3v) is 6.08. The summed E-state index contributed by atoms with van der Waals surface area (Å²) in [7, 11) is 2.08. The van der Waals surface area contributed by atoms with E-state index in [-0.39, 0.29) is 5.91 Å². The Morgan fingerprint density at radius 2 is 1.69 bits per heavy atom. The maximum Gasteiger partial charge on any atom is 0.335 e. The molecule has 3 aromatic carbocycles. The Balaban J connectivity index is 1.18. The number of hydrogen-bond donors (Lipinski definition) is 2. The van der Waals surface area contributed by atoms with Gasteiger partial charge >= 0.3 is 5.97 Å². The molecule has 1 fully saturated rings. The number of likely N-dealkylation sites (tertiary alicyclic amines) is 1. The number of carboxylic acid groups (broad SMARTS) is 1. The minimum Gasteiger partial charge on any atom is -0.478 e. The quantitative estimate of drug-likeness (QED) is 0.449. The summed E-state index contributed by atoms with van der Waals surface area (Å²) in [6.45, 7) is 3.87. The predicted octanol–water partition coefficient (Wildman–Crippen LogP) is 4.57. The van der Waals surface area contributed by atoms with Crippen LogP contribution in [0.4, 0.5) is 5.69 Å². The first-order chi connectivity index (χ1) is 16.9. The fourth-order valence-electron chi connectivity index (χ4n) is 4.41. The zero-order valence-electron chi connectivity index (χ0n) is 19.9. The third kappa shape index (κ3) is 7.40. The summed E-state index contributed by atoms with van der Waals surface area (Å²) >= 11 is 0. The summed E-state index contributed by atoms with van der Waals surface area (Å²) in [5, 5.41) is 12.0. The lowest BCUT2D eigenvalue weighted by molar-refractivity contribution is -0.117. The molecule has 2 N–H and O–H groups in total. The van der Waals surface area contributed by atoms with Crippen molar-refractivity contribution in [1.29, 1.82) is 0 Å². The van der Waals surface area contributed by atoms with E-state index in [1.807, 2.05) is 66.7 Å². The summed E-state index contributed by atoms with van der Waals surface area (Å²) in [6.07, 6.45) is 1.06. The molecule has 7 nitrogen and oxygen atoms in total. The van der Waals surface area contributed by atoms with Crippen molar-refractivity contribution < 1.29 is 19.4 Å². The number of benzene rings is 3. The highest BCUT2D eigenvalue weighted by Gasteiger charge is 2.25. The second-order valence-electron chi connectivity index (χ2n) is 9.08. The van der Waals surface area contributed by atoms with E-state index in [1.54, 1.807) is 12.1 Å². The Bertz CT molecular complexity index is 1120. The molecule has 0 aromatic heterocycles. The maximum absolute atomic E-state index is 12.6. The number of rotatable bonds is 10. The molecule has 182 valence electrons. The van der Waals surface area contributed by atoms with Gasteiger partial charge < -0.3 is 20.1 Å². The van der Waals surface area contributed by atoms with Crippen LogP contribution in [0.1, 0.15) is 22.3 Å². The number of carbonyl (C=O) groups is 2. The summed E-state index contributed by atoms with van der Waals surface area (Å²) in [6, 6.07) is 24.0. The van der Waals surface area contributed by atoms with E-state index < -0.39 is 5.97 Å². The highest BCUT2D eigenvalue weighted by Crippen LogP contribution is 2.23. The van der Waals surface area contributed by atoms with Gasteiger partial charge in [0.05, 0.1) is 12.1 Å². The van der Waals surface area contributed by atoms with Crippen molar-refractivity contribution in [2.75, 3.05) is 38.5 Å². The van der Waals surface area contributed by atoms with Crippen molar-refractivity contribution in [2.45, 2.75) is 13.0 Å². The number of nitrogens with zero attached hydrogens (tertiary/aromatic N) is 2. The third-order valence-electron chi connectivity index (χ3n) is 6.08. The van der Waals surface area contributed by atoms with E-state index in [1.165, 1.54) is 0 Å². The van der Waals surface area contributed by atoms with Crippen molar-refractivity contribution in [3.05, 3.63) is 90.0 Å². The molecule has 1 heterocycles. The van der Waals surface area contributed by atoms with E-state index in [4.69, 9.17) is 9.84 Å². The first-order valence-corrected chi connectivity index (χ1v) is 11.8. The van der Waals surface area contributed by atoms with Gasteiger partial charge in [-0.3, -0.25) is 9.69 Å². The van der Waals surface area contributed by atoms with Crippen LogP contribution in [-0.2, 0) is 11.3 Å². The van der Waals surface area contributed by atoms with E-state index in [0.717, 1.165) is 55.3 Å². The van der Waals surface area contributed by atoms with Gasteiger partial charge in [-0.1, -0.05) is 30.3 Å². The number of carboxylic acids is 1. The molecule has 1 aliphatic heterocycles. The zero-order valence-corrected chi connectivity index (χ0v) is 19.9. The largest absolute Gasteiger partial charge is 0.478 e. The second kappa shape index (κ2) is 11.6. The number of anilines is 1. The van der Waals surface area contributed by atoms with Crippen molar-refractivity contribution in [2.24, 2.45) is 5.92 Å². The van der Waals surface area contributed by atoms with Crippen LogP contribution in [0.3, 0.4) is 0 Å². The molecule has 1 aliphatic rings. The van der Waals surface area contributed by atoms with Crippen LogP contribution in [0.15, 0.2) is 78.9 Å². The number of para-hydroxylation sites is 1. The van der Waals surface area contributed by atoms with Gasteiger partial charge in [0.25, 0.3) is 0 Å². The van der Waals surface area contributed by atoms with Crippen LogP contribution in [0.2, 0.25) is 0 Å². The molecule has 0 radical (unpaired) electrons. The Labute approximate surface area is 205 Å². The number of nitrogens with one attached hydrogen (secondary N) is 1. The molecule has 0 spiro atoms. The van der Waals surface area contributed by atoms with E-state index in [2.05, 4.69) is 22.2 Å². The molecule has 1 atom stereocenters. The lowest BCUT2D eigenvalue weighted by atomic mass is 10.1. The number of amides is 1. The number of aromatic carboxylic acids is 1. The number of carbonyl (C=O) groups excluding carboxylic acids is 1. The fraction of sp³-hybridized carbons (Fsp3) is 0.286. The van der Waals surface area contributed by atoms with Crippen LogP contribution >= 0.6 is 0 Å². The van der Waals surface area contributed by atoms with E-state index in [9.17, 15) is 9.59 Å². The first kappa shape index (κ1) is 24.4. The molecular weight excluding hydrogens is 442 g/mol. The standard InChI is InChI=1S/C28H31N3O4/c1-30(17-21-7-9-23(10-8-21)28(33)34)18-22-15-16-31(19-22)20-27(32)29-24-11-13-26(14-12-24)35-25-5-3-2-4-6-25/h2-14,22H,15-20H2,1H3,(H,29,32)(H,33,34)/t22-/m0/s1. The smallest absolute Gasteiger partial charge is 0.335 e. The van der Waals surface area contributed by atoms with E-state index >= 15 is 0 Å². The van der Waals surface area contributed by atoms with Crippen LogP contribution < -0.4 is 10.1 Å². The molecule has 1 saturated heterocycles. The lowest BCUT2D eigenvalue weighted by Gasteiger charge is -2.21. The van der Waals surface area contributed by atoms with Gasteiger partial charge in [0.2, 0.25) is 5.91 Å². The molecular formula is C28H31N3O4. The minimum atomic E-state index is -0.908. The van der Waals surface area contributed by atoms with Crippen LogP contribution in [-0.4, -0.2) is 60.0 Å². The maximum atomic E-state index is 12.6. The van der Waals surface area contributed by atoms with Crippen molar-refractivity contribution in [3.63, 3.8) is 0 Å². The molecule has 7 heteroatoms. The number of hydrogen-bond acceptors (Lipinski definition) is 5. The van der Waals surface area contributed by atoms with Gasteiger partial charge in [-0.15, -0.1) is 0 Å². The zero-order chi connectivity index (χ0) is 24.6.